The van der Waals surface area contributed by atoms with Crippen LogP contribution in [0.15, 0.2) is 30.9 Å². The molecule has 1 fully saturated rings. The molecule has 1 amide bonds. The second-order valence-corrected chi connectivity index (χ2v) is 6.71. The Bertz CT molecular complexity index is 726. The van der Waals surface area contributed by atoms with E-state index >= 15 is 0 Å². The quantitative estimate of drug-likeness (QED) is 0.340. The van der Waals surface area contributed by atoms with E-state index in [9.17, 15) is 19.7 Å². The zero-order valence-corrected chi connectivity index (χ0v) is 15.6. The molecule has 146 valence electrons. The van der Waals surface area contributed by atoms with Gasteiger partial charge in [0.2, 0.25) is 0 Å². The third-order valence-corrected chi connectivity index (χ3v) is 4.61. The van der Waals surface area contributed by atoms with E-state index in [1.54, 1.807) is 6.07 Å². The van der Waals surface area contributed by atoms with Crippen molar-refractivity contribution in [2.24, 2.45) is 5.92 Å². The van der Waals surface area contributed by atoms with Gasteiger partial charge in [-0.15, -0.1) is 6.58 Å². The highest BCUT2D eigenvalue weighted by Crippen LogP contribution is 2.32. The van der Waals surface area contributed by atoms with E-state index in [2.05, 4.69) is 18.8 Å². The minimum Gasteiger partial charge on any atom is -0.449 e. The minimum absolute atomic E-state index is 0.0409. The fourth-order valence-electron chi connectivity index (χ4n) is 2.91. The molecule has 0 saturated carbocycles. The highest BCUT2D eigenvalue weighted by molar-refractivity contribution is 5.93. The summed E-state index contributed by atoms with van der Waals surface area (Å²) in [4.78, 5) is 37.0. The number of carbonyl (C=O) groups is 2. The maximum absolute atomic E-state index is 12.3. The molecule has 1 unspecified atom stereocenters. The molecule has 0 aliphatic carbocycles. The number of piperidine rings is 1. The fraction of sp³-hybridized carbons (Fsp3) is 0.474. The van der Waals surface area contributed by atoms with E-state index in [1.807, 2.05) is 4.90 Å². The summed E-state index contributed by atoms with van der Waals surface area (Å²) in [5, 5.41) is 14.0. The molecule has 1 aliphatic rings. The van der Waals surface area contributed by atoms with Gasteiger partial charge < -0.3 is 15.0 Å². The summed E-state index contributed by atoms with van der Waals surface area (Å²) in [6.45, 7) is 8.83. The number of benzene rings is 1. The number of carbonyl (C=O) groups excluding carboxylic acids is 2. The summed E-state index contributed by atoms with van der Waals surface area (Å²) in [5.41, 5.74) is 0.405. The molecule has 0 radical (unpaired) electrons. The number of hydrogen-bond donors (Lipinski definition) is 1. The Morgan fingerprint density at radius 2 is 2.11 bits per heavy atom. The predicted octanol–water partition coefficient (Wildman–Crippen LogP) is 2.68. The van der Waals surface area contributed by atoms with Gasteiger partial charge in [-0.25, -0.2) is 4.79 Å². The molecular weight excluding hydrogens is 350 g/mol. The number of nitrogens with zero attached hydrogens (tertiary/aromatic N) is 2. The average molecular weight is 375 g/mol. The van der Waals surface area contributed by atoms with Crippen LogP contribution in [-0.4, -0.2) is 42.5 Å². The first-order chi connectivity index (χ1) is 12.8. The highest BCUT2D eigenvalue weighted by Gasteiger charge is 2.26. The Hall–Kier alpha value is -2.90. The number of nitrogens with one attached hydrogen (secondary N) is 1. The molecule has 1 atom stereocenters. The summed E-state index contributed by atoms with van der Waals surface area (Å²) in [7, 11) is 0. The number of amides is 1. The van der Waals surface area contributed by atoms with Gasteiger partial charge in [0.15, 0.2) is 6.10 Å². The van der Waals surface area contributed by atoms with Crippen LogP contribution in [0.25, 0.3) is 0 Å². The smallest absolute Gasteiger partial charge is 0.339 e. The van der Waals surface area contributed by atoms with Gasteiger partial charge in [-0.1, -0.05) is 13.0 Å². The molecule has 2 rings (SSSR count). The molecule has 1 heterocycles. The van der Waals surface area contributed by atoms with Crippen molar-refractivity contribution >= 4 is 23.3 Å². The minimum atomic E-state index is -1.01. The number of anilines is 1. The molecule has 1 saturated heterocycles. The van der Waals surface area contributed by atoms with Crippen LogP contribution in [0.4, 0.5) is 11.4 Å². The largest absolute Gasteiger partial charge is 0.449 e. The van der Waals surface area contributed by atoms with Crippen LogP contribution in [-0.2, 0) is 9.53 Å². The maximum atomic E-state index is 12.3. The topological polar surface area (TPSA) is 102 Å². The van der Waals surface area contributed by atoms with Gasteiger partial charge in [0.1, 0.15) is 5.69 Å². The van der Waals surface area contributed by atoms with Crippen molar-refractivity contribution in [2.45, 2.75) is 32.8 Å². The van der Waals surface area contributed by atoms with Crippen molar-refractivity contribution in [3.05, 3.63) is 46.5 Å². The zero-order valence-electron chi connectivity index (χ0n) is 15.6. The molecule has 1 N–H and O–H groups in total. The lowest BCUT2D eigenvalue weighted by Crippen LogP contribution is -2.36. The predicted molar refractivity (Wildman–Crippen MR) is 102 cm³/mol. The maximum Gasteiger partial charge on any atom is 0.339 e. The van der Waals surface area contributed by atoms with Gasteiger partial charge >= 0.3 is 5.97 Å². The van der Waals surface area contributed by atoms with Crippen molar-refractivity contribution in [3.8, 4) is 0 Å². The number of esters is 1. The van der Waals surface area contributed by atoms with Crippen molar-refractivity contribution in [3.63, 3.8) is 0 Å². The first-order valence-electron chi connectivity index (χ1n) is 8.96. The molecule has 0 spiro atoms. The van der Waals surface area contributed by atoms with Crippen LogP contribution in [0.3, 0.4) is 0 Å². The van der Waals surface area contributed by atoms with E-state index in [-0.39, 0.29) is 17.8 Å². The van der Waals surface area contributed by atoms with Crippen molar-refractivity contribution < 1.29 is 19.2 Å². The van der Waals surface area contributed by atoms with Crippen LogP contribution in [0.5, 0.6) is 0 Å². The van der Waals surface area contributed by atoms with Crippen molar-refractivity contribution in [1.82, 2.24) is 5.32 Å². The molecule has 8 heteroatoms. The molecule has 1 aromatic rings. The SMILES string of the molecule is C=CCNC(=O)C(C)OC(=O)c1ccc(N2CCC(C)CC2)c([N+](=O)[O-])c1. The van der Waals surface area contributed by atoms with E-state index in [4.69, 9.17) is 4.74 Å². The third kappa shape index (κ3) is 5.29. The lowest BCUT2D eigenvalue weighted by molar-refractivity contribution is -0.384. The van der Waals surface area contributed by atoms with Gasteiger partial charge in [0.05, 0.1) is 10.5 Å². The Morgan fingerprint density at radius 1 is 1.44 bits per heavy atom. The molecule has 0 aromatic heterocycles. The molecule has 1 aromatic carbocycles. The van der Waals surface area contributed by atoms with Gasteiger partial charge in [-0.05, 0) is 37.8 Å². The number of hydrogen-bond acceptors (Lipinski definition) is 6. The second kappa shape index (κ2) is 9.16. The van der Waals surface area contributed by atoms with Crippen LogP contribution in [0.2, 0.25) is 0 Å². The zero-order chi connectivity index (χ0) is 20.0. The lowest BCUT2D eigenvalue weighted by Gasteiger charge is -2.31. The summed E-state index contributed by atoms with van der Waals surface area (Å²) in [6.07, 6.45) is 2.44. The molecule has 0 bridgehead atoms. The number of rotatable bonds is 7. The molecule has 27 heavy (non-hydrogen) atoms. The van der Waals surface area contributed by atoms with Gasteiger partial charge in [0, 0.05) is 25.7 Å². The monoisotopic (exact) mass is 375 g/mol. The Kier molecular flexibility index (Phi) is 6.92. The van der Waals surface area contributed by atoms with Gasteiger partial charge in [-0.3, -0.25) is 14.9 Å². The van der Waals surface area contributed by atoms with Gasteiger partial charge in [-0.2, -0.15) is 0 Å². The first kappa shape index (κ1) is 20.4. The first-order valence-corrected chi connectivity index (χ1v) is 8.96. The molecular formula is C19H25N3O5. The summed E-state index contributed by atoms with van der Waals surface area (Å²) < 4.78 is 5.11. The van der Waals surface area contributed by atoms with Gasteiger partial charge in [0.25, 0.3) is 11.6 Å². The second-order valence-electron chi connectivity index (χ2n) is 6.71. The van der Waals surface area contributed by atoms with E-state index in [0.29, 0.717) is 11.6 Å². The Labute approximate surface area is 158 Å². The molecule has 8 nitrogen and oxygen atoms in total. The number of nitro groups is 1. The number of ether oxygens (including phenoxy) is 1. The van der Waals surface area contributed by atoms with E-state index in [1.165, 1.54) is 25.1 Å². The Morgan fingerprint density at radius 3 is 2.70 bits per heavy atom. The number of nitro benzene ring substituents is 1. The summed E-state index contributed by atoms with van der Waals surface area (Å²) in [5.74, 6) is -0.641. The standard InChI is InChI=1S/C19H25N3O5/c1-4-9-20-18(23)14(3)27-19(24)15-5-6-16(17(12-15)22(25)26)21-10-7-13(2)8-11-21/h4-6,12-14H,1,7-11H2,2-3H3,(H,20,23). The van der Waals surface area contributed by atoms with Crippen LogP contribution in [0, 0.1) is 16.0 Å². The Balaban J connectivity index is 2.14. The highest BCUT2D eigenvalue weighted by atomic mass is 16.6. The summed E-state index contributed by atoms with van der Waals surface area (Å²) in [6, 6.07) is 4.29. The van der Waals surface area contributed by atoms with Crippen LogP contribution >= 0.6 is 0 Å². The normalized spacial score (nSPS) is 15.7. The fourth-order valence-corrected chi connectivity index (χ4v) is 2.91. The summed E-state index contributed by atoms with van der Waals surface area (Å²) >= 11 is 0. The van der Waals surface area contributed by atoms with Crippen LogP contribution < -0.4 is 10.2 Å². The van der Waals surface area contributed by atoms with E-state index < -0.39 is 22.9 Å². The van der Waals surface area contributed by atoms with Crippen LogP contribution in [0.1, 0.15) is 37.0 Å². The van der Waals surface area contributed by atoms with Crippen molar-refractivity contribution in [1.29, 1.82) is 0 Å². The average Bonchev–Trinajstić information content (AvgIpc) is 2.66. The van der Waals surface area contributed by atoms with E-state index in [0.717, 1.165) is 25.9 Å². The van der Waals surface area contributed by atoms with Crippen molar-refractivity contribution in [2.75, 3.05) is 24.5 Å². The third-order valence-electron chi connectivity index (χ3n) is 4.61. The molecule has 1 aliphatic heterocycles. The lowest BCUT2D eigenvalue weighted by atomic mass is 9.98.